The Morgan fingerprint density at radius 1 is 1.04 bits per heavy atom. The minimum absolute atomic E-state index is 0.00227. The van der Waals surface area contributed by atoms with Gasteiger partial charge in [-0.1, -0.05) is 20.3 Å². The second-order valence-electron chi connectivity index (χ2n) is 9.96. The van der Waals surface area contributed by atoms with Gasteiger partial charge in [0.2, 0.25) is 0 Å². The SMILES string of the molecule is CC(=O)[C@H]1[C@H](C#N)CC2[C@@H]3CC[C@@H]4C[C@@H](C)CC[C@@H]4[C@H]3CC[C@@]21C. The fraction of sp³-hybridized carbons (Fsp3) is 0.909. The molecule has 0 spiro atoms. The third-order valence-corrected chi connectivity index (χ3v) is 8.88. The largest absolute Gasteiger partial charge is 0.300 e. The van der Waals surface area contributed by atoms with E-state index in [0.717, 1.165) is 36.0 Å². The van der Waals surface area contributed by atoms with Crippen molar-refractivity contribution in [2.75, 3.05) is 0 Å². The van der Waals surface area contributed by atoms with E-state index < -0.39 is 0 Å². The molecule has 4 aliphatic carbocycles. The van der Waals surface area contributed by atoms with E-state index >= 15 is 0 Å². The lowest BCUT2D eigenvalue weighted by molar-refractivity contribution is -0.129. The number of carbonyl (C=O) groups excluding carboxylic acids is 1. The van der Waals surface area contributed by atoms with E-state index in [1.807, 2.05) is 0 Å². The van der Waals surface area contributed by atoms with Crippen molar-refractivity contribution in [1.82, 2.24) is 0 Å². The van der Waals surface area contributed by atoms with E-state index in [1.165, 1.54) is 44.9 Å². The van der Waals surface area contributed by atoms with Crippen LogP contribution in [0.2, 0.25) is 0 Å². The van der Waals surface area contributed by atoms with E-state index in [1.54, 1.807) is 6.92 Å². The Bertz CT molecular complexity index is 563. The van der Waals surface area contributed by atoms with E-state index in [9.17, 15) is 10.1 Å². The quantitative estimate of drug-likeness (QED) is 0.661. The second kappa shape index (κ2) is 5.86. The number of hydrogen-bond acceptors (Lipinski definition) is 2. The average molecular weight is 328 g/mol. The number of hydrogen-bond donors (Lipinski definition) is 0. The lowest BCUT2D eigenvalue weighted by atomic mass is 9.49. The van der Waals surface area contributed by atoms with Crippen LogP contribution in [0.4, 0.5) is 0 Å². The highest BCUT2D eigenvalue weighted by molar-refractivity contribution is 5.80. The zero-order valence-corrected chi connectivity index (χ0v) is 15.6. The van der Waals surface area contributed by atoms with Crippen LogP contribution in [-0.4, -0.2) is 5.78 Å². The predicted octanol–water partition coefficient (Wildman–Crippen LogP) is 5.23. The summed E-state index contributed by atoms with van der Waals surface area (Å²) >= 11 is 0. The number of nitrogens with zero attached hydrogens (tertiary/aromatic N) is 1. The molecule has 0 aliphatic heterocycles. The standard InChI is InChI=1S/C22H33NO/c1-13-4-6-17-15(10-13)5-7-19-18(17)8-9-22(3)20(19)11-16(12-23)21(22)14(2)24/h13,15-21H,4-11H2,1-3H3/t13-,15+,16-,17-,18+,19+,20?,21-,22-/m0/s1. The van der Waals surface area contributed by atoms with Gasteiger partial charge in [0, 0.05) is 5.92 Å². The van der Waals surface area contributed by atoms with Crippen molar-refractivity contribution in [3.8, 4) is 6.07 Å². The first-order valence-electron chi connectivity index (χ1n) is 10.4. The van der Waals surface area contributed by atoms with Crippen LogP contribution in [0.15, 0.2) is 0 Å². The highest BCUT2D eigenvalue weighted by atomic mass is 16.1. The lowest BCUT2D eigenvalue weighted by Crippen LogP contribution is -2.49. The third-order valence-electron chi connectivity index (χ3n) is 8.88. The molecule has 0 radical (unpaired) electrons. The maximum atomic E-state index is 12.3. The van der Waals surface area contributed by atoms with Gasteiger partial charge in [-0.05, 0) is 92.8 Å². The molecule has 0 aromatic carbocycles. The normalized spacial score (nSPS) is 53.4. The number of Topliss-reactive ketones (excluding diaryl/α,β-unsaturated/α-hetero) is 1. The van der Waals surface area contributed by atoms with Crippen LogP contribution in [0.3, 0.4) is 0 Å². The average Bonchev–Trinajstić information content (AvgIpc) is 2.86. The van der Waals surface area contributed by atoms with Gasteiger partial charge in [-0.2, -0.15) is 5.26 Å². The number of carbonyl (C=O) groups is 1. The van der Waals surface area contributed by atoms with Crippen molar-refractivity contribution in [1.29, 1.82) is 5.26 Å². The Morgan fingerprint density at radius 3 is 2.50 bits per heavy atom. The lowest BCUT2D eigenvalue weighted by Gasteiger charge is -2.56. The number of fused-ring (bicyclic) bond motifs is 5. The van der Waals surface area contributed by atoms with Crippen molar-refractivity contribution < 1.29 is 4.79 Å². The fourth-order valence-corrected chi connectivity index (χ4v) is 8.01. The molecule has 4 fully saturated rings. The summed E-state index contributed by atoms with van der Waals surface area (Å²) in [5.74, 6) is 5.38. The Kier molecular flexibility index (Phi) is 4.06. The Hall–Kier alpha value is -0.840. The van der Waals surface area contributed by atoms with Gasteiger partial charge >= 0.3 is 0 Å². The fourth-order valence-electron chi connectivity index (χ4n) is 8.01. The summed E-state index contributed by atoms with van der Waals surface area (Å²) in [5.41, 5.74) is 0.0994. The maximum Gasteiger partial charge on any atom is 0.134 e. The van der Waals surface area contributed by atoms with Gasteiger partial charge in [-0.3, -0.25) is 4.79 Å². The monoisotopic (exact) mass is 327 g/mol. The molecule has 4 saturated carbocycles. The first kappa shape index (κ1) is 16.6. The van der Waals surface area contributed by atoms with Crippen molar-refractivity contribution in [3.63, 3.8) is 0 Å². The van der Waals surface area contributed by atoms with E-state index in [2.05, 4.69) is 19.9 Å². The highest BCUT2D eigenvalue weighted by Crippen LogP contribution is 2.65. The first-order valence-corrected chi connectivity index (χ1v) is 10.4. The Labute approximate surface area is 147 Å². The smallest absolute Gasteiger partial charge is 0.134 e. The molecule has 24 heavy (non-hydrogen) atoms. The summed E-state index contributed by atoms with van der Waals surface area (Å²) in [5, 5.41) is 9.66. The maximum absolute atomic E-state index is 12.3. The molecule has 0 heterocycles. The van der Waals surface area contributed by atoms with Gasteiger partial charge < -0.3 is 0 Å². The van der Waals surface area contributed by atoms with Gasteiger partial charge in [-0.15, -0.1) is 0 Å². The zero-order valence-electron chi connectivity index (χ0n) is 15.6. The molecular weight excluding hydrogens is 294 g/mol. The van der Waals surface area contributed by atoms with E-state index in [-0.39, 0.29) is 23.0 Å². The minimum atomic E-state index is -0.0275. The summed E-state index contributed by atoms with van der Waals surface area (Å²) in [7, 11) is 0. The molecule has 132 valence electrons. The van der Waals surface area contributed by atoms with Crippen molar-refractivity contribution in [2.24, 2.45) is 52.8 Å². The predicted molar refractivity (Wildman–Crippen MR) is 94.9 cm³/mol. The van der Waals surface area contributed by atoms with Crippen molar-refractivity contribution >= 4 is 5.78 Å². The van der Waals surface area contributed by atoms with Crippen LogP contribution in [0.1, 0.15) is 72.1 Å². The highest BCUT2D eigenvalue weighted by Gasteiger charge is 2.60. The number of ketones is 1. The zero-order chi connectivity index (χ0) is 17.1. The summed E-state index contributed by atoms with van der Waals surface area (Å²) in [4.78, 5) is 12.3. The molecular formula is C22H33NO. The first-order chi connectivity index (χ1) is 11.5. The number of nitriles is 1. The summed E-state index contributed by atoms with van der Waals surface area (Å²) < 4.78 is 0. The molecule has 0 amide bonds. The van der Waals surface area contributed by atoms with Crippen LogP contribution in [0.25, 0.3) is 0 Å². The van der Waals surface area contributed by atoms with Crippen molar-refractivity contribution in [3.05, 3.63) is 0 Å². The Balaban J connectivity index is 1.61. The van der Waals surface area contributed by atoms with Crippen LogP contribution in [-0.2, 0) is 4.79 Å². The van der Waals surface area contributed by atoms with Crippen LogP contribution in [0.5, 0.6) is 0 Å². The molecule has 9 atom stereocenters. The molecule has 4 rings (SSSR count). The molecule has 2 nitrogen and oxygen atoms in total. The molecule has 2 heteroatoms. The molecule has 0 bridgehead atoms. The Morgan fingerprint density at radius 2 is 1.79 bits per heavy atom. The summed E-state index contributed by atoms with van der Waals surface area (Å²) in [6.07, 6.45) is 10.6. The summed E-state index contributed by atoms with van der Waals surface area (Å²) in [6, 6.07) is 2.51. The third kappa shape index (κ3) is 2.30. The van der Waals surface area contributed by atoms with Crippen molar-refractivity contribution in [2.45, 2.75) is 72.1 Å². The topological polar surface area (TPSA) is 40.9 Å². The van der Waals surface area contributed by atoms with Gasteiger partial charge in [0.1, 0.15) is 5.78 Å². The molecule has 0 N–H and O–H groups in total. The van der Waals surface area contributed by atoms with Gasteiger partial charge in [0.15, 0.2) is 0 Å². The second-order valence-corrected chi connectivity index (χ2v) is 9.96. The molecule has 1 unspecified atom stereocenters. The van der Waals surface area contributed by atoms with Crippen LogP contribution in [0, 0.1) is 64.1 Å². The van der Waals surface area contributed by atoms with Gasteiger partial charge in [-0.25, -0.2) is 0 Å². The van der Waals surface area contributed by atoms with Crippen LogP contribution >= 0.6 is 0 Å². The van der Waals surface area contributed by atoms with Gasteiger partial charge in [0.05, 0.1) is 12.0 Å². The molecule has 0 aromatic rings. The van der Waals surface area contributed by atoms with E-state index in [0.29, 0.717) is 5.92 Å². The number of rotatable bonds is 1. The molecule has 0 saturated heterocycles. The van der Waals surface area contributed by atoms with Gasteiger partial charge in [0.25, 0.3) is 0 Å². The minimum Gasteiger partial charge on any atom is -0.300 e. The van der Waals surface area contributed by atoms with E-state index in [4.69, 9.17) is 0 Å². The summed E-state index contributed by atoms with van der Waals surface area (Å²) in [6.45, 7) is 6.52. The van der Waals surface area contributed by atoms with Crippen LogP contribution < -0.4 is 0 Å². The molecule has 0 aromatic heterocycles. The molecule has 4 aliphatic rings.